The normalized spacial score (nSPS) is 15.7. The summed E-state index contributed by atoms with van der Waals surface area (Å²) in [7, 11) is 0. The van der Waals surface area contributed by atoms with Gasteiger partial charge in [0.15, 0.2) is 0 Å². The Hall–Kier alpha value is -1.44. The molecule has 2 heterocycles. The Kier molecular flexibility index (Phi) is 4.12. The molecule has 2 rings (SSSR count). The molecule has 0 bridgehead atoms. The van der Waals surface area contributed by atoms with Crippen LogP contribution in [0.3, 0.4) is 0 Å². The molecule has 7 heteroatoms. The van der Waals surface area contributed by atoms with E-state index in [1.807, 2.05) is 0 Å². The molecule has 0 spiro atoms. The number of ether oxygens (including phenoxy) is 1. The molecule has 0 atom stereocenters. The van der Waals surface area contributed by atoms with Crippen molar-refractivity contribution in [3.63, 3.8) is 0 Å². The standard InChI is InChI=1S/C10H7N2O4.3CH3.Sn/c13-8-3-4-9(14)12(8)10(15)16-7-2-1-5-11-6-7;;;;/h2,5-6H,3-4H2;3*1H3;. The van der Waals surface area contributed by atoms with Crippen LogP contribution in [-0.2, 0) is 9.59 Å². The van der Waals surface area contributed by atoms with Crippen LogP contribution in [0, 0.1) is 0 Å². The summed E-state index contributed by atoms with van der Waals surface area (Å²) >= 11 is -2.31. The first kappa shape index (κ1) is 15.0. The molecule has 1 aliphatic rings. The van der Waals surface area contributed by atoms with Gasteiger partial charge in [-0.05, 0) is 0 Å². The second-order valence-corrected chi connectivity index (χ2v) is 20.1. The third-order valence-electron chi connectivity index (χ3n) is 3.02. The molecule has 0 N–H and O–H groups in total. The second-order valence-electron chi connectivity index (χ2n) is 5.65. The number of amides is 3. The SMILES string of the molecule is [CH3][Sn]([CH3])([CH3])[c]1cncc(OC(=O)N2C(=O)CCC2=O)c1. The van der Waals surface area contributed by atoms with Crippen LogP contribution in [0.2, 0.25) is 14.8 Å². The Bertz CT molecular complexity index is 564. The number of pyridine rings is 1. The van der Waals surface area contributed by atoms with Crippen molar-refractivity contribution >= 4 is 39.9 Å². The van der Waals surface area contributed by atoms with Crippen LogP contribution in [0.4, 0.5) is 4.79 Å². The van der Waals surface area contributed by atoms with E-state index >= 15 is 0 Å². The molecule has 1 aromatic rings. The van der Waals surface area contributed by atoms with Gasteiger partial charge in [-0.3, -0.25) is 0 Å². The Morgan fingerprint density at radius 1 is 1.20 bits per heavy atom. The van der Waals surface area contributed by atoms with Crippen LogP contribution in [0.25, 0.3) is 0 Å². The summed E-state index contributed by atoms with van der Waals surface area (Å²) in [6.45, 7) is 0. The first-order valence-corrected chi connectivity index (χ1v) is 16.3. The summed E-state index contributed by atoms with van der Waals surface area (Å²) in [6.07, 6.45) is 2.36. The molecule has 20 heavy (non-hydrogen) atoms. The molecular weight excluding hydrogens is 367 g/mol. The molecule has 6 nitrogen and oxygen atoms in total. The van der Waals surface area contributed by atoms with E-state index in [9.17, 15) is 14.4 Å². The molecule has 0 unspecified atom stereocenters. The first-order valence-electron chi connectivity index (χ1n) is 6.32. The van der Waals surface area contributed by atoms with E-state index < -0.39 is 36.3 Å². The molecule has 0 aromatic carbocycles. The summed E-state index contributed by atoms with van der Waals surface area (Å²) in [4.78, 5) is 46.0. The molecule has 3 amide bonds. The van der Waals surface area contributed by atoms with Gasteiger partial charge in [0.2, 0.25) is 0 Å². The van der Waals surface area contributed by atoms with Gasteiger partial charge in [-0.2, -0.15) is 0 Å². The fourth-order valence-electron chi connectivity index (χ4n) is 1.81. The molecule has 0 radical (unpaired) electrons. The number of hydrogen-bond donors (Lipinski definition) is 0. The number of carbonyl (C=O) groups excluding carboxylic acids is 3. The van der Waals surface area contributed by atoms with Crippen molar-refractivity contribution in [3.8, 4) is 5.75 Å². The fourth-order valence-corrected chi connectivity index (χ4v) is 4.77. The molecule has 1 fully saturated rings. The minimum absolute atomic E-state index is 0.0602. The van der Waals surface area contributed by atoms with Gasteiger partial charge in [-0.15, -0.1) is 0 Å². The fraction of sp³-hybridized carbons (Fsp3) is 0.385. The van der Waals surface area contributed by atoms with Gasteiger partial charge in [-0.25, -0.2) is 0 Å². The zero-order valence-corrected chi connectivity index (χ0v) is 14.5. The predicted molar refractivity (Wildman–Crippen MR) is 74.3 cm³/mol. The number of likely N-dealkylation sites (tertiary alicyclic amines) is 1. The van der Waals surface area contributed by atoms with E-state index in [-0.39, 0.29) is 18.6 Å². The van der Waals surface area contributed by atoms with Crippen molar-refractivity contribution in [3.05, 3.63) is 18.5 Å². The Labute approximate surface area is 121 Å². The van der Waals surface area contributed by atoms with Gasteiger partial charge < -0.3 is 0 Å². The first-order chi connectivity index (χ1) is 9.29. The van der Waals surface area contributed by atoms with Crippen LogP contribution in [0.15, 0.2) is 18.5 Å². The topological polar surface area (TPSA) is 76.6 Å². The average molecular weight is 383 g/mol. The third kappa shape index (κ3) is 3.17. The van der Waals surface area contributed by atoms with E-state index in [1.54, 1.807) is 12.3 Å². The number of imide groups is 3. The van der Waals surface area contributed by atoms with Crippen molar-refractivity contribution in [2.75, 3.05) is 0 Å². The molecular formula is C13H16N2O4Sn. The zero-order chi connectivity index (χ0) is 14.9. The Balaban J connectivity index is 2.16. The van der Waals surface area contributed by atoms with Crippen LogP contribution < -0.4 is 8.32 Å². The van der Waals surface area contributed by atoms with Crippen LogP contribution in [-0.4, -0.2) is 46.2 Å². The number of rotatable bonds is 2. The summed E-state index contributed by atoms with van der Waals surface area (Å²) in [5.41, 5.74) is 0. The van der Waals surface area contributed by atoms with Gasteiger partial charge in [-0.1, -0.05) is 0 Å². The predicted octanol–water partition coefficient (Wildman–Crippen LogP) is 1.27. The van der Waals surface area contributed by atoms with Crippen molar-refractivity contribution in [2.45, 2.75) is 27.7 Å². The van der Waals surface area contributed by atoms with Crippen LogP contribution >= 0.6 is 0 Å². The van der Waals surface area contributed by atoms with Gasteiger partial charge >= 0.3 is 121 Å². The summed E-state index contributed by atoms with van der Waals surface area (Å²) in [5, 5.41) is 0. The van der Waals surface area contributed by atoms with Crippen LogP contribution in [0.1, 0.15) is 12.8 Å². The Morgan fingerprint density at radius 3 is 2.35 bits per heavy atom. The van der Waals surface area contributed by atoms with Gasteiger partial charge in [0.1, 0.15) is 0 Å². The summed E-state index contributed by atoms with van der Waals surface area (Å²) < 4.78 is 6.19. The molecule has 0 aliphatic carbocycles. The van der Waals surface area contributed by atoms with Crippen molar-refractivity contribution in [1.29, 1.82) is 0 Å². The van der Waals surface area contributed by atoms with Gasteiger partial charge in [0.25, 0.3) is 0 Å². The van der Waals surface area contributed by atoms with E-state index in [4.69, 9.17) is 4.74 Å². The maximum absolute atomic E-state index is 11.8. The van der Waals surface area contributed by atoms with Crippen molar-refractivity contribution < 1.29 is 19.1 Å². The number of carbonyl (C=O) groups is 3. The van der Waals surface area contributed by atoms with E-state index in [2.05, 4.69) is 19.8 Å². The summed E-state index contributed by atoms with van der Waals surface area (Å²) in [5.74, 6) is -0.759. The minimum atomic E-state index is -2.31. The second kappa shape index (κ2) is 5.51. The van der Waals surface area contributed by atoms with E-state index in [1.165, 1.54) is 6.20 Å². The molecule has 106 valence electrons. The van der Waals surface area contributed by atoms with Crippen LogP contribution in [0.5, 0.6) is 5.75 Å². The zero-order valence-electron chi connectivity index (χ0n) is 11.7. The Morgan fingerprint density at radius 2 is 1.80 bits per heavy atom. The van der Waals surface area contributed by atoms with Gasteiger partial charge in [0, 0.05) is 0 Å². The quantitative estimate of drug-likeness (QED) is 0.568. The number of nitrogens with zero attached hydrogens (tertiary/aromatic N) is 2. The third-order valence-corrected chi connectivity index (χ3v) is 8.74. The van der Waals surface area contributed by atoms with E-state index in [0.717, 1.165) is 3.58 Å². The summed E-state index contributed by atoms with van der Waals surface area (Å²) in [6, 6.07) is 1.77. The molecule has 0 saturated carbocycles. The number of hydrogen-bond acceptors (Lipinski definition) is 5. The van der Waals surface area contributed by atoms with Crippen molar-refractivity contribution in [1.82, 2.24) is 9.88 Å². The van der Waals surface area contributed by atoms with Gasteiger partial charge in [0.05, 0.1) is 0 Å². The van der Waals surface area contributed by atoms with E-state index in [0.29, 0.717) is 4.90 Å². The molecule has 1 aliphatic heterocycles. The average Bonchev–Trinajstić information content (AvgIpc) is 2.68. The molecule has 1 aromatic heterocycles. The van der Waals surface area contributed by atoms with Crippen molar-refractivity contribution in [2.24, 2.45) is 0 Å². The molecule has 1 saturated heterocycles. The monoisotopic (exact) mass is 384 g/mol. The maximum atomic E-state index is 11.8. The number of aromatic nitrogens is 1.